The van der Waals surface area contributed by atoms with Crippen LogP contribution in [0.5, 0.6) is 5.75 Å². The number of hydrogen-bond donors (Lipinski definition) is 1. The van der Waals surface area contributed by atoms with E-state index in [9.17, 15) is 5.11 Å². The molecule has 4 nitrogen and oxygen atoms in total. The van der Waals surface area contributed by atoms with Crippen molar-refractivity contribution < 1.29 is 30.3 Å². The smallest absolute Gasteiger partial charge is 0.148 e. The van der Waals surface area contributed by atoms with Crippen LogP contribution in [-0.2, 0) is 31.9 Å². The zero-order chi connectivity index (χ0) is 46.5. The van der Waals surface area contributed by atoms with E-state index in [1.807, 2.05) is 55.5 Å². The Kier molecular flexibility index (Phi) is 11.2. The molecule has 0 saturated heterocycles. The number of para-hydroxylation sites is 1. The Balaban J connectivity index is 0.00000608. The summed E-state index contributed by atoms with van der Waals surface area (Å²) in [5.41, 5.74) is 15.7. The number of aromatic nitrogens is 3. The molecule has 9 aromatic rings. The molecule has 0 fully saturated rings. The fourth-order valence-electron chi connectivity index (χ4n) is 8.40. The largest absolute Gasteiger partial charge is 0.507 e. The van der Waals surface area contributed by atoms with Crippen LogP contribution in [0.4, 0.5) is 0 Å². The molecule has 1 N–H and O–H groups in total. The number of pyridine rings is 1. The number of aromatic hydroxyl groups is 1. The Morgan fingerprint density at radius 2 is 1.30 bits per heavy atom. The summed E-state index contributed by atoms with van der Waals surface area (Å²) >= 11 is 0. The van der Waals surface area contributed by atoms with Gasteiger partial charge in [-0.2, -0.15) is 0 Å². The van der Waals surface area contributed by atoms with Crippen molar-refractivity contribution in [2.75, 3.05) is 0 Å². The van der Waals surface area contributed by atoms with Gasteiger partial charge in [-0.1, -0.05) is 179 Å². The topological polar surface area (TPSA) is 50.9 Å². The van der Waals surface area contributed by atoms with Crippen LogP contribution in [0.25, 0.3) is 83.9 Å². The minimum absolute atomic E-state index is 0. The molecule has 0 unspecified atom stereocenters. The third-order valence-corrected chi connectivity index (χ3v) is 12.6. The van der Waals surface area contributed by atoms with Crippen molar-refractivity contribution in [2.45, 2.75) is 72.6 Å². The molecule has 0 aliphatic carbocycles. The molecule has 7 aromatic carbocycles. The Morgan fingerprint density at radius 3 is 1.98 bits per heavy atom. The molecule has 0 radical (unpaired) electrons. The summed E-state index contributed by atoms with van der Waals surface area (Å²) in [6.45, 7) is 13.2. The van der Waals surface area contributed by atoms with Gasteiger partial charge in [-0.15, -0.1) is 23.8 Å². The number of phenolic OH excluding ortho intramolecular Hbond substituents is 1. The second kappa shape index (κ2) is 17.7. The number of imidazole rings is 1. The first-order valence-electron chi connectivity index (χ1n) is 23.3. The fraction of sp³-hybridized carbons (Fsp3) is 0.186. The quantitative estimate of drug-likeness (QED) is 0.147. The minimum atomic E-state index is -2.18. The number of hydrogen-bond acceptors (Lipinski definition) is 3. The van der Waals surface area contributed by atoms with Gasteiger partial charge in [0.1, 0.15) is 11.6 Å². The van der Waals surface area contributed by atoms with Gasteiger partial charge < -0.3 is 5.11 Å². The standard InChI is InChI=1S/C59H54N3O.Pt/c1-9-59(7,8)47-27-28-53(50(36-47)42-19-14-11-15-20-42)62-54-22-16-21-49(55(54)61-57(62)51-37-48(58(4,5)6)31-39(3)56(51)63)45-32-44(40-17-12-10-13-18-40)33-46(34-45)52-35-43(29-30-60-52)41-25-23-38(2)24-26-41;/h10-33,35-37,63H,9H2,1-8H3;/q-1;/i2D3;. The maximum Gasteiger partial charge on any atom is 0.148 e. The van der Waals surface area contributed by atoms with Crippen LogP contribution in [0, 0.1) is 19.8 Å². The van der Waals surface area contributed by atoms with Crippen LogP contribution in [-0.4, -0.2) is 19.6 Å². The summed E-state index contributed by atoms with van der Waals surface area (Å²) in [7, 11) is 0. The number of nitrogens with zero attached hydrogens (tertiary/aromatic N) is 3. The molecule has 64 heavy (non-hydrogen) atoms. The van der Waals surface area contributed by atoms with E-state index in [2.05, 4.69) is 149 Å². The molecule has 0 atom stereocenters. The van der Waals surface area contributed by atoms with Gasteiger partial charge in [0.25, 0.3) is 0 Å². The molecule has 5 heteroatoms. The monoisotopic (exact) mass is 1020 g/mol. The van der Waals surface area contributed by atoms with Crippen LogP contribution < -0.4 is 0 Å². The minimum Gasteiger partial charge on any atom is -0.507 e. The van der Waals surface area contributed by atoms with Crippen LogP contribution in [0.1, 0.15) is 74.3 Å². The molecule has 2 aromatic heterocycles. The first-order valence-corrected chi connectivity index (χ1v) is 21.8. The van der Waals surface area contributed by atoms with Crippen molar-refractivity contribution in [2.24, 2.45) is 0 Å². The number of aryl methyl sites for hydroxylation is 2. The van der Waals surface area contributed by atoms with E-state index < -0.39 is 6.85 Å². The first-order chi connectivity index (χ1) is 31.5. The Labute approximate surface area is 397 Å². The van der Waals surface area contributed by atoms with Crippen molar-refractivity contribution >= 4 is 11.0 Å². The van der Waals surface area contributed by atoms with E-state index in [-0.39, 0.29) is 37.6 Å². The van der Waals surface area contributed by atoms with E-state index in [4.69, 9.17) is 14.1 Å². The molecule has 0 aliphatic rings. The van der Waals surface area contributed by atoms with E-state index in [0.717, 1.165) is 90.0 Å². The summed E-state index contributed by atoms with van der Waals surface area (Å²) in [4.78, 5) is 10.5. The van der Waals surface area contributed by atoms with Gasteiger partial charge in [0, 0.05) is 42.6 Å². The summed E-state index contributed by atoms with van der Waals surface area (Å²) in [5, 5.41) is 12.1. The predicted octanol–water partition coefficient (Wildman–Crippen LogP) is 15.5. The molecule has 0 saturated carbocycles. The van der Waals surface area contributed by atoms with Gasteiger partial charge in [-0.3, -0.25) is 9.55 Å². The number of fused-ring (bicyclic) bond motifs is 1. The Morgan fingerprint density at radius 1 is 0.625 bits per heavy atom. The molecule has 0 amide bonds. The van der Waals surface area contributed by atoms with Crippen molar-refractivity contribution in [3.63, 3.8) is 0 Å². The molecule has 0 aliphatic heterocycles. The maximum atomic E-state index is 12.1. The molecule has 9 rings (SSSR count). The SMILES string of the molecule is [2H]C([2H])([2H])c1ccc(-c2ccnc(-c3[c-]c(-c4cccc5c4nc(-c4cc(C(C)(C)C)cc(C)c4O)n5-c4ccc(C(C)(C)CC)cc4-c4ccccc4)cc(-c4ccccc4)c3)c2)cc1.[Pt]. The molecule has 0 bridgehead atoms. The predicted molar refractivity (Wildman–Crippen MR) is 263 cm³/mol. The van der Waals surface area contributed by atoms with E-state index in [1.54, 1.807) is 18.3 Å². The average Bonchev–Trinajstić information content (AvgIpc) is 3.71. The zero-order valence-corrected chi connectivity index (χ0v) is 39.7. The number of rotatable bonds is 9. The third-order valence-electron chi connectivity index (χ3n) is 12.6. The second-order valence-electron chi connectivity index (χ2n) is 18.3. The molecule has 322 valence electrons. The number of phenols is 1. The molecule has 0 spiro atoms. The van der Waals surface area contributed by atoms with Crippen LogP contribution in [0.3, 0.4) is 0 Å². The Bertz CT molecular complexity index is 3240. The van der Waals surface area contributed by atoms with Crippen molar-refractivity contribution in [3.05, 3.63) is 192 Å². The normalized spacial score (nSPS) is 12.6. The molecule has 2 heterocycles. The van der Waals surface area contributed by atoms with Crippen LogP contribution in [0.15, 0.2) is 164 Å². The van der Waals surface area contributed by atoms with Gasteiger partial charge in [0.2, 0.25) is 0 Å². The molecular weight excluding hydrogens is 962 g/mol. The average molecular weight is 1020 g/mol. The Hall–Kier alpha value is -6.35. The molecular formula is C59H54N3OPt-. The summed E-state index contributed by atoms with van der Waals surface area (Å²) in [6, 6.07) is 57.2. The van der Waals surface area contributed by atoms with E-state index in [0.29, 0.717) is 17.0 Å². The third kappa shape index (κ3) is 8.52. The summed E-state index contributed by atoms with van der Waals surface area (Å²) in [5.74, 6) is 0.840. The van der Waals surface area contributed by atoms with Gasteiger partial charge in [-0.25, -0.2) is 4.98 Å². The van der Waals surface area contributed by atoms with Gasteiger partial charge in [0.15, 0.2) is 0 Å². The second-order valence-corrected chi connectivity index (χ2v) is 18.3. The van der Waals surface area contributed by atoms with Gasteiger partial charge in [-0.05, 0) is 100 Å². The van der Waals surface area contributed by atoms with Crippen molar-refractivity contribution in [1.29, 1.82) is 0 Å². The maximum absolute atomic E-state index is 12.1. The van der Waals surface area contributed by atoms with Crippen LogP contribution in [0.2, 0.25) is 0 Å². The number of benzene rings is 7. The van der Waals surface area contributed by atoms with Crippen LogP contribution >= 0.6 is 0 Å². The fourth-order valence-corrected chi connectivity index (χ4v) is 8.40. The van der Waals surface area contributed by atoms with E-state index >= 15 is 0 Å². The van der Waals surface area contributed by atoms with Gasteiger partial charge >= 0.3 is 0 Å². The van der Waals surface area contributed by atoms with E-state index in [1.165, 1.54) is 5.56 Å². The van der Waals surface area contributed by atoms with Crippen molar-refractivity contribution in [3.8, 4) is 78.6 Å². The zero-order valence-electron chi connectivity index (χ0n) is 40.4. The first kappa shape index (κ1) is 40.4. The van der Waals surface area contributed by atoms with Crippen molar-refractivity contribution in [1.82, 2.24) is 14.5 Å². The summed E-state index contributed by atoms with van der Waals surface area (Å²) in [6.07, 6.45) is 2.77. The summed E-state index contributed by atoms with van der Waals surface area (Å²) < 4.78 is 25.8. The van der Waals surface area contributed by atoms with Gasteiger partial charge in [0.05, 0.1) is 22.3 Å².